The quantitative estimate of drug-likeness (QED) is 0.586. The Morgan fingerprint density at radius 3 is 2.52 bits per heavy atom. The standard InChI is InChI=1S/C22H26ClFN2O3/c1-3-4-13-25-22(28)16(2)26(14-17-9-11-18(23)12-10-17)21(27)15-29-20-8-6-5-7-19(20)24/h5-12,16H,3-4,13-15H2,1-2H3,(H,25,28)/t16-/m0/s1. The van der Waals surface area contributed by atoms with Crippen molar-refractivity contribution in [3.8, 4) is 5.75 Å². The summed E-state index contributed by atoms with van der Waals surface area (Å²) in [7, 11) is 0. The number of hydrogen-bond donors (Lipinski definition) is 1. The number of ether oxygens (including phenoxy) is 1. The van der Waals surface area contributed by atoms with Crippen molar-refractivity contribution >= 4 is 23.4 Å². The average Bonchev–Trinajstić information content (AvgIpc) is 2.72. The fourth-order valence-electron chi connectivity index (χ4n) is 2.69. The topological polar surface area (TPSA) is 58.6 Å². The highest BCUT2D eigenvalue weighted by Crippen LogP contribution is 2.17. The van der Waals surface area contributed by atoms with Gasteiger partial charge in [-0.25, -0.2) is 4.39 Å². The molecule has 29 heavy (non-hydrogen) atoms. The van der Waals surface area contributed by atoms with E-state index in [1.54, 1.807) is 43.3 Å². The molecule has 0 bridgehead atoms. The summed E-state index contributed by atoms with van der Waals surface area (Å²) < 4.78 is 19.1. The van der Waals surface area contributed by atoms with Crippen molar-refractivity contribution in [1.29, 1.82) is 0 Å². The molecular formula is C22H26ClFN2O3. The molecule has 2 aromatic rings. The second-order valence-electron chi connectivity index (χ2n) is 6.69. The lowest BCUT2D eigenvalue weighted by Gasteiger charge is -2.28. The first kappa shape index (κ1) is 22.7. The number of halogens is 2. The highest BCUT2D eigenvalue weighted by molar-refractivity contribution is 6.30. The number of amides is 2. The maximum Gasteiger partial charge on any atom is 0.261 e. The first-order valence-corrected chi connectivity index (χ1v) is 9.99. The number of carbonyl (C=O) groups excluding carboxylic acids is 2. The van der Waals surface area contributed by atoms with E-state index in [-0.39, 0.29) is 24.8 Å². The van der Waals surface area contributed by atoms with Gasteiger partial charge in [-0.1, -0.05) is 49.2 Å². The number of carbonyl (C=O) groups is 2. The predicted octanol–water partition coefficient (Wildman–Crippen LogP) is 4.19. The van der Waals surface area contributed by atoms with Gasteiger partial charge in [-0.05, 0) is 43.2 Å². The Hall–Kier alpha value is -2.60. The highest BCUT2D eigenvalue weighted by atomic mass is 35.5. The van der Waals surface area contributed by atoms with E-state index in [0.29, 0.717) is 11.6 Å². The van der Waals surface area contributed by atoms with Crippen LogP contribution in [-0.2, 0) is 16.1 Å². The zero-order valence-electron chi connectivity index (χ0n) is 16.7. The Morgan fingerprint density at radius 1 is 1.17 bits per heavy atom. The molecule has 0 aliphatic rings. The molecule has 156 valence electrons. The van der Waals surface area contributed by atoms with Crippen LogP contribution in [0.25, 0.3) is 0 Å². The molecule has 0 heterocycles. The molecule has 1 atom stereocenters. The van der Waals surface area contributed by atoms with E-state index in [4.69, 9.17) is 16.3 Å². The van der Waals surface area contributed by atoms with Crippen LogP contribution in [0.2, 0.25) is 5.02 Å². The molecule has 0 aromatic heterocycles. The van der Waals surface area contributed by atoms with E-state index >= 15 is 0 Å². The number of benzene rings is 2. The molecule has 0 aliphatic heterocycles. The molecule has 7 heteroatoms. The third-order valence-corrected chi connectivity index (χ3v) is 4.70. The van der Waals surface area contributed by atoms with Crippen LogP contribution in [0.4, 0.5) is 4.39 Å². The van der Waals surface area contributed by atoms with Crippen LogP contribution in [0, 0.1) is 5.82 Å². The van der Waals surface area contributed by atoms with Crippen LogP contribution >= 0.6 is 11.6 Å². The maximum atomic E-state index is 13.8. The molecule has 1 N–H and O–H groups in total. The van der Waals surface area contributed by atoms with Gasteiger partial charge in [-0.3, -0.25) is 9.59 Å². The lowest BCUT2D eigenvalue weighted by Crippen LogP contribution is -2.49. The number of hydrogen-bond acceptors (Lipinski definition) is 3. The van der Waals surface area contributed by atoms with Crippen LogP contribution in [0.15, 0.2) is 48.5 Å². The summed E-state index contributed by atoms with van der Waals surface area (Å²) in [4.78, 5) is 26.8. The van der Waals surface area contributed by atoms with E-state index in [1.165, 1.54) is 17.0 Å². The van der Waals surface area contributed by atoms with Gasteiger partial charge in [0.1, 0.15) is 6.04 Å². The molecule has 0 aliphatic carbocycles. The molecule has 0 fully saturated rings. The normalized spacial score (nSPS) is 11.6. The van der Waals surface area contributed by atoms with Gasteiger partial charge >= 0.3 is 0 Å². The number of nitrogens with one attached hydrogen (secondary N) is 1. The fourth-order valence-corrected chi connectivity index (χ4v) is 2.82. The SMILES string of the molecule is CCCCNC(=O)[C@H](C)N(Cc1ccc(Cl)cc1)C(=O)COc1ccccc1F. The monoisotopic (exact) mass is 420 g/mol. The Balaban J connectivity index is 2.11. The second kappa shape index (κ2) is 11.4. The Labute approximate surface area is 175 Å². The minimum Gasteiger partial charge on any atom is -0.481 e. The van der Waals surface area contributed by atoms with Gasteiger partial charge in [-0.15, -0.1) is 0 Å². The lowest BCUT2D eigenvalue weighted by molar-refractivity contribution is -0.142. The van der Waals surface area contributed by atoms with Crippen LogP contribution < -0.4 is 10.1 Å². The third kappa shape index (κ3) is 7.06. The van der Waals surface area contributed by atoms with E-state index in [1.807, 2.05) is 6.92 Å². The van der Waals surface area contributed by atoms with Gasteiger partial charge in [0, 0.05) is 18.1 Å². The zero-order valence-corrected chi connectivity index (χ0v) is 17.4. The predicted molar refractivity (Wildman–Crippen MR) is 111 cm³/mol. The Bertz CT molecular complexity index is 814. The molecule has 2 amide bonds. The van der Waals surface area contributed by atoms with Crippen molar-refractivity contribution in [2.45, 2.75) is 39.3 Å². The number of para-hydroxylation sites is 1. The fraction of sp³-hybridized carbons (Fsp3) is 0.364. The molecule has 0 spiro atoms. The van der Waals surface area contributed by atoms with E-state index in [9.17, 15) is 14.0 Å². The number of rotatable bonds is 10. The van der Waals surface area contributed by atoms with Gasteiger partial charge in [0.2, 0.25) is 5.91 Å². The van der Waals surface area contributed by atoms with Crippen molar-refractivity contribution in [3.63, 3.8) is 0 Å². The lowest BCUT2D eigenvalue weighted by atomic mass is 10.1. The highest BCUT2D eigenvalue weighted by Gasteiger charge is 2.26. The first-order chi connectivity index (χ1) is 13.9. The van der Waals surface area contributed by atoms with Crippen LogP contribution in [0.1, 0.15) is 32.3 Å². The van der Waals surface area contributed by atoms with Gasteiger partial charge in [-0.2, -0.15) is 0 Å². The maximum absolute atomic E-state index is 13.8. The summed E-state index contributed by atoms with van der Waals surface area (Å²) >= 11 is 5.93. The number of unbranched alkanes of at least 4 members (excludes halogenated alkanes) is 1. The summed E-state index contributed by atoms with van der Waals surface area (Å²) in [5, 5.41) is 3.42. The molecule has 5 nitrogen and oxygen atoms in total. The minimum absolute atomic E-state index is 0.00709. The van der Waals surface area contributed by atoms with Gasteiger partial charge in [0.25, 0.3) is 5.91 Å². The molecule has 0 radical (unpaired) electrons. The van der Waals surface area contributed by atoms with Crippen molar-refractivity contribution in [1.82, 2.24) is 10.2 Å². The van der Waals surface area contributed by atoms with Crippen molar-refractivity contribution < 1.29 is 18.7 Å². The zero-order chi connectivity index (χ0) is 21.2. The van der Waals surface area contributed by atoms with Crippen molar-refractivity contribution in [2.75, 3.05) is 13.2 Å². The molecule has 0 saturated heterocycles. The first-order valence-electron chi connectivity index (χ1n) is 9.61. The largest absolute Gasteiger partial charge is 0.481 e. The van der Waals surface area contributed by atoms with Gasteiger partial charge in [0.05, 0.1) is 0 Å². The summed E-state index contributed by atoms with van der Waals surface area (Å²) in [6, 6.07) is 12.2. The molecule has 0 unspecified atom stereocenters. The van der Waals surface area contributed by atoms with E-state index < -0.39 is 17.8 Å². The molecule has 2 rings (SSSR count). The van der Waals surface area contributed by atoms with Crippen molar-refractivity contribution in [2.24, 2.45) is 0 Å². The Kier molecular flexibility index (Phi) is 8.93. The molecular weight excluding hydrogens is 395 g/mol. The summed E-state index contributed by atoms with van der Waals surface area (Å²) in [6.07, 6.45) is 1.82. The Morgan fingerprint density at radius 2 is 1.86 bits per heavy atom. The molecule has 2 aromatic carbocycles. The molecule has 0 saturated carbocycles. The second-order valence-corrected chi connectivity index (χ2v) is 7.12. The van der Waals surface area contributed by atoms with Gasteiger partial charge in [0.15, 0.2) is 18.2 Å². The minimum atomic E-state index is -0.709. The summed E-state index contributed by atoms with van der Waals surface area (Å²) in [5.74, 6) is -1.21. The third-order valence-electron chi connectivity index (χ3n) is 4.45. The summed E-state index contributed by atoms with van der Waals surface area (Å²) in [5.41, 5.74) is 0.821. The van der Waals surface area contributed by atoms with E-state index in [2.05, 4.69) is 5.32 Å². The summed E-state index contributed by atoms with van der Waals surface area (Å²) in [6.45, 7) is 4.08. The van der Waals surface area contributed by atoms with Gasteiger partial charge < -0.3 is 15.0 Å². The van der Waals surface area contributed by atoms with Crippen LogP contribution in [-0.4, -0.2) is 35.9 Å². The van der Waals surface area contributed by atoms with E-state index in [0.717, 1.165) is 18.4 Å². The average molecular weight is 421 g/mol. The van der Waals surface area contributed by atoms with Crippen molar-refractivity contribution in [3.05, 3.63) is 64.9 Å². The van der Waals surface area contributed by atoms with Crippen LogP contribution in [0.5, 0.6) is 5.75 Å². The smallest absolute Gasteiger partial charge is 0.261 e. The number of nitrogens with zero attached hydrogens (tertiary/aromatic N) is 1. The van der Waals surface area contributed by atoms with Crippen LogP contribution in [0.3, 0.4) is 0 Å².